The van der Waals surface area contributed by atoms with Gasteiger partial charge in [-0.15, -0.1) is 0 Å². The Morgan fingerprint density at radius 1 is 1.15 bits per heavy atom. The van der Waals surface area contributed by atoms with Crippen LogP contribution in [0, 0.1) is 0 Å². The molecule has 0 unspecified atom stereocenters. The number of alkyl halides is 3. The van der Waals surface area contributed by atoms with Crippen LogP contribution in [-0.2, 0) is 16.2 Å². The monoisotopic (exact) mass is 309 g/mol. The number of rotatable bonds is 5. The molecule has 0 saturated carbocycles. The third-order valence-corrected chi connectivity index (χ3v) is 5.27. The maximum Gasteiger partial charge on any atom is 0.417 e. The van der Waals surface area contributed by atoms with E-state index in [-0.39, 0.29) is 6.04 Å². The van der Waals surface area contributed by atoms with Crippen LogP contribution in [0.2, 0.25) is 0 Å². The minimum absolute atomic E-state index is 0.318. The lowest BCUT2D eigenvalue weighted by molar-refractivity contribution is -0.139. The molecule has 0 aliphatic heterocycles. The molecule has 114 valence electrons. The first-order valence-electron chi connectivity index (χ1n) is 6.30. The summed E-state index contributed by atoms with van der Waals surface area (Å²) in [5.74, 6) is 0. The zero-order valence-electron chi connectivity index (χ0n) is 11.6. The van der Waals surface area contributed by atoms with E-state index >= 15 is 0 Å². The molecule has 1 rings (SSSR count). The number of nitrogens with zero attached hydrogens (tertiary/aromatic N) is 1. The third-order valence-electron chi connectivity index (χ3n) is 3.31. The molecule has 0 aromatic heterocycles. The molecule has 0 atom stereocenters. The first kappa shape index (κ1) is 17.0. The Morgan fingerprint density at radius 2 is 1.65 bits per heavy atom. The van der Waals surface area contributed by atoms with Crippen molar-refractivity contribution in [2.75, 3.05) is 7.05 Å². The van der Waals surface area contributed by atoms with Gasteiger partial charge in [0.1, 0.15) is 0 Å². The van der Waals surface area contributed by atoms with E-state index in [9.17, 15) is 21.6 Å². The first-order chi connectivity index (χ1) is 9.16. The van der Waals surface area contributed by atoms with Gasteiger partial charge in [-0.05, 0) is 25.0 Å². The highest BCUT2D eigenvalue weighted by molar-refractivity contribution is 7.89. The predicted molar refractivity (Wildman–Crippen MR) is 70.8 cm³/mol. The van der Waals surface area contributed by atoms with Crippen molar-refractivity contribution < 1.29 is 21.6 Å². The van der Waals surface area contributed by atoms with E-state index in [0.29, 0.717) is 12.8 Å². The van der Waals surface area contributed by atoms with Crippen molar-refractivity contribution in [3.05, 3.63) is 29.8 Å². The second kappa shape index (κ2) is 6.13. The summed E-state index contributed by atoms with van der Waals surface area (Å²) in [5.41, 5.74) is -1.13. The van der Waals surface area contributed by atoms with Gasteiger partial charge >= 0.3 is 6.18 Å². The Morgan fingerprint density at radius 3 is 2.10 bits per heavy atom. The van der Waals surface area contributed by atoms with Crippen molar-refractivity contribution in [3.8, 4) is 0 Å². The standard InChI is InChI=1S/C13H18F3NO2S/c1-4-10(5-2)17(3)20(18,19)12-9-7-6-8-11(12)13(14,15)16/h6-10H,4-5H2,1-3H3. The third kappa shape index (κ3) is 3.32. The lowest BCUT2D eigenvalue weighted by atomic mass is 10.2. The summed E-state index contributed by atoms with van der Waals surface area (Å²) in [5, 5.41) is 0. The lowest BCUT2D eigenvalue weighted by Crippen LogP contribution is -2.37. The number of hydrogen-bond donors (Lipinski definition) is 0. The molecule has 0 bridgehead atoms. The van der Waals surface area contributed by atoms with E-state index in [1.165, 1.54) is 19.2 Å². The molecule has 1 aromatic rings. The van der Waals surface area contributed by atoms with Crippen molar-refractivity contribution in [3.63, 3.8) is 0 Å². The van der Waals surface area contributed by atoms with Crippen molar-refractivity contribution in [2.45, 2.75) is 43.8 Å². The smallest absolute Gasteiger partial charge is 0.207 e. The Bertz CT molecular complexity index is 551. The first-order valence-corrected chi connectivity index (χ1v) is 7.74. The number of hydrogen-bond acceptors (Lipinski definition) is 2. The number of benzene rings is 1. The molecule has 0 N–H and O–H groups in total. The van der Waals surface area contributed by atoms with Gasteiger partial charge in [0, 0.05) is 13.1 Å². The average Bonchev–Trinajstić information content (AvgIpc) is 2.39. The normalized spacial score (nSPS) is 13.2. The summed E-state index contributed by atoms with van der Waals surface area (Å²) in [6, 6.07) is 3.94. The molecule has 0 aliphatic carbocycles. The SMILES string of the molecule is CCC(CC)N(C)S(=O)(=O)c1ccccc1C(F)(F)F. The van der Waals surface area contributed by atoms with Crippen LogP contribution in [0.3, 0.4) is 0 Å². The molecule has 0 amide bonds. The molecule has 20 heavy (non-hydrogen) atoms. The average molecular weight is 309 g/mol. The van der Waals surface area contributed by atoms with Gasteiger partial charge in [0.25, 0.3) is 0 Å². The molecule has 3 nitrogen and oxygen atoms in total. The Balaban J connectivity index is 3.37. The topological polar surface area (TPSA) is 37.4 Å². The van der Waals surface area contributed by atoms with Gasteiger partial charge in [-0.25, -0.2) is 8.42 Å². The lowest BCUT2D eigenvalue weighted by Gasteiger charge is -2.26. The van der Waals surface area contributed by atoms with Gasteiger partial charge in [-0.1, -0.05) is 26.0 Å². The van der Waals surface area contributed by atoms with Crippen molar-refractivity contribution in [2.24, 2.45) is 0 Å². The second-order valence-electron chi connectivity index (χ2n) is 4.49. The molecule has 0 spiro atoms. The molecular formula is C13H18F3NO2S. The summed E-state index contributed by atoms with van der Waals surface area (Å²) in [4.78, 5) is -0.693. The van der Waals surface area contributed by atoms with Crippen molar-refractivity contribution in [1.82, 2.24) is 4.31 Å². The number of halogens is 3. The quantitative estimate of drug-likeness (QED) is 0.834. The summed E-state index contributed by atoms with van der Waals surface area (Å²) in [6.07, 6.45) is -3.61. The van der Waals surface area contributed by atoms with Crippen LogP contribution in [0.25, 0.3) is 0 Å². The minimum Gasteiger partial charge on any atom is -0.207 e. The summed E-state index contributed by atoms with van der Waals surface area (Å²) >= 11 is 0. The Hall–Kier alpha value is -1.08. The van der Waals surface area contributed by atoms with Gasteiger partial charge in [0.15, 0.2) is 0 Å². The Labute approximate surface area is 117 Å². The predicted octanol–water partition coefficient (Wildman–Crippen LogP) is 3.51. The summed E-state index contributed by atoms with van der Waals surface area (Å²) in [7, 11) is -2.84. The van der Waals surface area contributed by atoms with Gasteiger partial charge in [0.05, 0.1) is 10.5 Å². The molecule has 7 heteroatoms. The van der Waals surface area contributed by atoms with E-state index in [1.54, 1.807) is 13.8 Å². The van der Waals surface area contributed by atoms with E-state index < -0.39 is 26.7 Å². The highest BCUT2D eigenvalue weighted by atomic mass is 32.2. The van der Waals surface area contributed by atoms with Crippen molar-refractivity contribution >= 4 is 10.0 Å². The molecule has 0 heterocycles. The molecule has 0 aliphatic rings. The maximum atomic E-state index is 12.9. The number of sulfonamides is 1. The zero-order chi connectivity index (χ0) is 15.6. The molecule has 0 radical (unpaired) electrons. The second-order valence-corrected chi connectivity index (χ2v) is 6.45. The van der Waals surface area contributed by atoms with Gasteiger partial charge in [0.2, 0.25) is 10.0 Å². The van der Waals surface area contributed by atoms with Crippen LogP contribution in [0.15, 0.2) is 29.2 Å². The van der Waals surface area contributed by atoms with Crippen molar-refractivity contribution in [1.29, 1.82) is 0 Å². The fourth-order valence-corrected chi connectivity index (χ4v) is 3.79. The van der Waals surface area contributed by atoms with Crippen LogP contribution in [-0.4, -0.2) is 25.8 Å². The van der Waals surface area contributed by atoms with Crippen LogP contribution in [0.5, 0.6) is 0 Å². The van der Waals surface area contributed by atoms with Crippen LogP contribution < -0.4 is 0 Å². The van der Waals surface area contributed by atoms with Gasteiger partial charge in [-0.2, -0.15) is 17.5 Å². The fraction of sp³-hybridized carbons (Fsp3) is 0.538. The largest absolute Gasteiger partial charge is 0.417 e. The van der Waals surface area contributed by atoms with Crippen LogP contribution >= 0.6 is 0 Å². The van der Waals surface area contributed by atoms with Crippen LogP contribution in [0.1, 0.15) is 32.3 Å². The molecular weight excluding hydrogens is 291 g/mol. The van der Waals surface area contributed by atoms with Gasteiger partial charge < -0.3 is 0 Å². The summed E-state index contributed by atoms with van der Waals surface area (Å²) < 4.78 is 64.6. The minimum atomic E-state index is -4.70. The van der Waals surface area contributed by atoms with E-state index in [0.717, 1.165) is 16.4 Å². The zero-order valence-corrected chi connectivity index (χ0v) is 12.4. The van der Waals surface area contributed by atoms with E-state index in [2.05, 4.69) is 0 Å². The molecule has 0 saturated heterocycles. The molecule has 1 aromatic carbocycles. The molecule has 0 fully saturated rings. The van der Waals surface area contributed by atoms with E-state index in [1.807, 2.05) is 0 Å². The summed E-state index contributed by atoms with van der Waals surface area (Å²) in [6.45, 7) is 3.60. The highest BCUT2D eigenvalue weighted by Crippen LogP contribution is 2.35. The van der Waals surface area contributed by atoms with Gasteiger partial charge in [-0.3, -0.25) is 0 Å². The Kier molecular flexibility index (Phi) is 5.21. The van der Waals surface area contributed by atoms with E-state index in [4.69, 9.17) is 0 Å². The maximum absolute atomic E-state index is 12.9. The highest BCUT2D eigenvalue weighted by Gasteiger charge is 2.38. The fourth-order valence-electron chi connectivity index (χ4n) is 2.08. The van der Waals surface area contributed by atoms with Crippen LogP contribution in [0.4, 0.5) is 13.2 Å².